The first-order chi connectivity index (χ1) is 7.83. The molecule has 1 unspecified atom stereocenters. The van der Waals surface area contributed by atoms with Crippen LogP contribution in [0.25, 0.3) is 0 Å². The van der Waals surface area contributed by atoms with Crippen molar-refractivity contribution in [2.24, 2.45) is 5.92 Å². The fourth-order valence-electron chi connectivity index (χ4n) is 2.05. The largest absolute Gasteiger partial charge is 0.396 e. The van der Waals surface area contributed by atoms with E-state index in [2.05, 4.69) is 20.2 Å². The van der Waals surface area contributed by atoms with E-state index in [-0.39, 0.29) is 6.61 Å². The lowest BCUT2D eigenvalue weighted by molar-refractivity contribution is 0.208. The van der Waals surface area contributed by atoms with Gasteiger partial charge in [0.05, 0.1) is 12.4 Å². The van der Waals surface area contributed by atoms with Gasteiger partial charge in [0.1, 0.15) is 11.6 Å². The highest BCUT2D eigenvalue weighted by Gasteiger charge is 2.20. The van der Waals surface area contributed by atoms with Gasteiger partial charge in [-0.2, -0.15) is 0 Å². The minimum Gasteiger partial charge on any atom is -0.396 e. The third kappa shape index (κ3) is 2.41. The van der Waals surface area contributed by atoms with E-state index in [1.807, 2.05) is 7.05 Å². The molecule has 0 bridgehead atoms. The topological polar surface area (TPSA) is 61.3 Å². The molecule has 1 aliphatic heterocycles. The van der Waals surface area contributed by atoms with Gasteiger partial charge in [-0.3, -0.25) is 4.98 Å². The Kier molecular flexibility index (Phi) is 3.56. The van der Waals surface area contributed by atoms with Crippen LogP contribution in [-0.4, -0.2) is 41.8 Å². The van der Waals surface area contributed by atoms with Gasteiger partial charge in [-0.1, -0.05) is 0 Å². The molecule has 1 saturated heterocycles. The third-order valence-electron chi connectivity index (χ3n) is 2.98. The van der Waals surface area contributed by atoms with Crippen molar-refractivity contribution in [3.8, 4) is 0 Å². The smallest absolute Gasteiger partial charge is 0.149 e. The number of rotatable bonds is 3. The van der Waals surface area contributed by atoms with Crippen LogP contribution in [0.5, 0.6) is 0 Å². The Morgan fingerprint density at radius 3 is 3.19 bits per heavy atom. The molecule has 16 heavy (non-hydrogen) atoms. The summed E-state index contributed by atoms with van der Waals surface area (Å²) in [6.07, 6.45) is 5.69. The first kappa shape index (κ1) is 11.1. The van der Waals surface area contributed by atoms with E-state index in [9.17, 15) is 5.11 Å². The molecule has 0 spiro atoms. The van der Waals surface area contributed by atoms with Crippen LogP contribution in [0.3, 0.4) is 0 Å². The average Bonchev–Trinajstić information content (AvgIpc) is 2.39. The lowest BCUT2D eigenvalue weighted by Crippen LogP contribution is -2.37. The van der Waals surface area contributed by atoms with Gasteiger partial charge in [-0.25, -0.2) is 4.98 Å². The summed E-state index contributed by atoms with van der Waals surface area (Å²) in [5.74, 6) is 2.04. The number of aliphatic hydroxyl groups excluding tert-OH is 1. The molecule has 0 amide bonds. The Morgan fingerprint density at radius 1 is 1.56 bits per heavy atom. The first-order valence-electron chi connectivity index (χ1n) is 5.69. The SMILES string of the molecule is CNc1cncc(N2CCCC(CO)C2)n1. The summed E-state index contributed by atoms with van der Waals surface area (Å²) in [5, 5.41) is 12.2. The second kappa shape index (κ2) is 5.12. The monoisotopic (exact) mass is 222 g/mol. The summed E-state index contributed by atoms with van der Waals surface area (Å²) in [5.41, 5.74) is 0. The Bertz CT molecular complexity index is 345. The van der Waals surface area contributed by atoms with Gasteiger partial charge >= 0.3 is 0 Å². The zero-order valence-electron chi connectivity index (χ0n) is 9.56. The maximum atomic E-state index is 9.18. The van der Waals surface area contributed by atoms with E-state index in [0.29, 0.717) is 5.92 Å². The number of aliphatic hydroxyl groups is 1. The number of piperidine rings is 1. The van der Waals surface area contributed by atoms with Crippen molar-refractivity contribution >= 4 is 11.6 Å². The number of nitrogens with one attached hydrogen (secondary N) is 1. The lowest BCUT2D eigenvalue weighted by Gasteiger charge is -2.32. The number of hydrogen-bond acceptors (Lipinski definition) is 5. The molecule has 0 radical (unpaired) electrons. The van der Waals surface area contributed by atoms with Crippen molar-refractivity contribution in [2.45, 2.75) is 12.8 Å². The van der Waals surface area contributed by atoms with Crippen molar-refractivity contribution in [3.05, 3.63) is 12.4 Å². The maximum Gasteiger partial charge on any atom is 0.149 e. The molecule has 5 nitrogen and oxygen atoms in total. The quantitative estimate of drug-likeness (QED) is 0.789. The summed E-state index contributed by atoms with van der Waals surface area (Å²) in [6, 6.07) is 0. The molecule has 2 heterocycles. The summed E-state index contributed by atoms with van der Waals surface area (Å²) in [6.45, 7) is 2.13. The van der Waals surface area contributed by atoms with Crippen LogP contribution in [0.4, 0.5) is 11.6 Å². The fourth-order valence-corrected chi connectivity index (χ4v) is 2.05. The summed E-state index contributed by atoms with van der Waals surface area (Å²) >= 11 is 0. The summed E-state index contributed by atoms with van der Waals surface area (Å²) in [4.78, 5) is 10.8. The lowest BCUT2D eigenvalue weighted by atomic mass is 9.99. The Labute approximate surface area is 95.5 Å². The molecule has 1 aromatic heterocycles. The van der Waals surface area contributed by atoms with Gasteiger partial charge in [0, 0.05) is 26.7 Å². The van der Waals surface area contributed by atoms with Crippen LogP contribution in [0.2, 0.25) is 0 Å². The van der Waals surface area contributed by atoms with Gasteiger partial charge in [-0.15, -0.1) is 0 Å². The standard InChI is InChI=1S/C11H18N4O/c1-12-10-5-13-6-11(14-10)15-4-2-3-9(7-15)8-16/h5-6,9,16H,2-4,7-8H2,1H3,(H,12,14). The number of anilines is 2. The van der Waals surface area contributed by atoms with E-state index in [1.54, 1.807) is 12.4 Å². The molecule has 2 rings (SSSR count). The van der Waals surface area contributed by atoms with E-state index in [4.69, 9.17) is 0 Å². The van der Waals surface area contributed by atoms with Crippen LogP contribution >= 0.6 is 0 Å². The van der Waals surface area contributed by atoms with Crippen molar-refractivity contribution < 1.29 is 5.11 Å². The minimum absolute atomic E-state index is 0.260. The van der Waals surface area contributed by atoms with Crippen LogP contribution in [0, 0.1) is 5.92 Å². The Morgan fingerprint density at radius 2 is 2.44 bits per heavy atom. The third-order valence-corrected chi connectivity index (χ3v) is 2.98. The van der Waals surface area contributed by atoms with Crippen molar-refractivity contribution in [3.63, 3.8) is 0 Å². The molecule has 1 fully saturated rings. The molecule has 2 N–H and O–H groups in total. The van der Waals surface area contributed by atoms with E-state index < -0.39 is 0 Å². The minimum atomic E-state index is 0.260. The second-order valence-electron chi connectivity index (χ2n) is 4.15. The molecule has 1 aliphatic rings. The van der Waals surface area contributed by atoms with E-state index in [0.717, 1.165) is 37.6 Å². The van der Waals surface area contributed by atoms with E-state index in [1.165, 1.54) is 0 Å². The highest BCUT2D eigenvalue weighted by Crippen LogP contribution is 2.21. The molecule has 0 saturated carbocycles. The van der Waals surface area contributed by atoms with E-state index >= 15 is 0 Å². The number of aromatic nitrogens is 2. The van der Waals surface area contributed by atoms with Crippen molar-refractivity contribution in [2.75, 3.05) is 37.0 Å². The van der Waals surface area contributed by atoms with Crippen LogP contribution < -0.4 is 10.2 Å². The van der Waals surface area contributed by atoms with Crippen LogP contribution in [0.1, 0.15) is 12.8 Å². The Balaban J connectivity index is 2.10. The molecular formula is C11H18N4O. The average molecular weight is 222 g/mol. The summed E-state index contributed by atoms with van der Waals surface area (Å²) < 4.78 is 0. The normalized spacial score (nSPS) is 20.9. The number of hydrogen-bond donors (Lipinski definition) is 2. The van der Waals surface area contributed by atoms with Gasteiger partial charge in [-0.05, 0) is 18.8 Å². The van der Waals surface area contributed by atoms with Gasteiger partial charge in [0.15, 0.2) is 0 Å². The molecule has 5 heteroatoms. The second-order valence-corrected chi connectivity index (χ2v) is 4.15. The molecule has 1 aromatic rings. The first-order valence-corrected chi connectivity index (χ1v) is 5.69. The van der Waals surface area contributed by atoms with Gasteiger partial charge in [0.25, 0.3) is 0 Å². The highest BCUT2D eigenvalue weighted by atomic mass is 16.3. The molecule has 0 aliphatic carbocycles. The fraction of sp³-hybridized carbons (Fsp3) is 0.636. The molecule has 0 aromatic carbocycles. The van der Waals surface area contributed by atoms with Gasteiger partial charge in [0.2, 0.25) is 0 Å². The Hall–Kier alpha value is -1.36. The highest BCUT2D eigenvalue weighted by molar-refractivity contribution is 5.43. The molecule has 88 valence electrons. The molecule has 1 atom stereocenters. The maximum absolute atomic E-state index is 9.18. The zero-order chi connectivity index (χ0) is 11.4. The number of nitrogens with zero attached hydrogens (tertiary/aromatic N) is 3. The molecular weight excluding hydrogens is 204 g/mol. The van der Waals surface area contributed by atoms with Crippen LogP contribution in [-0.2, 0) is 0 Å². The predicted molar refractivity (Wildman–Crippen MR) is 63.6 cm³/mol. The summed E-state index contributed by atoms with van der Waals surface area (Å²) in [7, 11) is 1.83. The van der Waals surface area contributed by atoms with Gasteiger partial charge < -0.3 is 15.3 Å². The van der Waals surface area contributed by atoms with Crippen molar-refractivity contribution in [1.82, 2.24) is 9.97 Å². The van der Waals surface area contributed by atoms with Crippen LogP contribution in [0.15, 0.2) is 12.4 Å². The van der Waals surface area contributed by atoms with Crippen molar-refractivity contribution in [1.29, 1.82) is 0 Å². The predicted octanol–water partition coefficient (Wildman–Crippen LogP) is 0.727. The zero-order valence-corrected chi connectivity index (χ0v) is 9.56.